The van der Waals surface area contributed by atoms with E-state index in [1.165, 1.54) is 38.0 Å². The molecule has 0 atom stereocenters. The van der Waals surface area contributed by atoms with Crippen molar-refractivity contribution in [2.45, 2.75) is 0 Å². The topological polar surface area (TPSA) is 43.6 Å². The maximum atomic E-state index is 5.63. The Morgan fingerprint density at radius 2 is 0.885 bits per heavy atom. The highest BCUT2D eigenvalue weighted by Gasteiger charge is 2.18. The molecule has 0 radical (unpaired) electrons. The van der Waals surface area contributed by atoms with Crippen LogP contribution in [0.3, 0.4) is 0 Å². The van der Waals surface area contributed by atoms with E-state index in [9.17, 15) is 0 Å². The van der Waals surface area contributed by atoms with Gasteiger partial charge in [-0.1, -0.05) is 188 Å². The zero-order valence-corrected chi connectivity index (χ0v) is 33.1. The molecule has 0 aliphatic heterocycles. The summed E-state index contributed by atoms with van der Waals surface area (Å²) < 4.78 is 2.38. The first-order valence-electron chi connectivity index (χ1n) is 20.7. The largest absolute Gasteiger partial charge is 0.309 e. The second-order valence-electron chi connectivity index (χ2n) is 15.6. The third-order valence-corrected chi connectivity index (χ3v) is 12.0. The van der Waals surface area contributed by atoms with Crippen molar-refractivity contribution in [2.24, 2.45) is 0 Å². The number of nitrogens with zero attached hydrogens (tertiary/aromatic N) is 4. The number of rotatable bonds is 6. The molecule has 0 saturated heterocycles. The molecule has 0 bridgehead atoms. The van der Waals surface area contributed by atoms with Gasteiger partial charge in [-0.05, 0) is 46.7 Å². The number of pyridine rings is 1. The summed E-state index contributed by atoms with van der Waals surface area (Å²) in [4.78, 5) is 15.7. The van der Waals surface area contributed by atoms with Gasteiger partial charge in [-0.2, -0.15) is 0 Å². The van der Waals surface area contributed by atoms with Gasteiger partial charge in [0.25, 0.3) is 0 Å². The lowest BCUT2D eigenvalue weighted by Crippen LogP contribution is -1.96. The molecule has 4 nitrogen and oxygen atoms in total. The lowest BCUT2D eigenvalue weighted by atomic mass is 9.92. The first-order valence-corrected chi connectivity index (χ1v) is 20.7. The van der Waals surface area contributed by atoms with Gasteiger partial charge < -0.3 is 4.57 Å². The molecule has 4 heteroatoms. The number of hydrogen-bond acceptors (Lipinski definition) is 3. The van der Waals surface area contributed by atoms with Crippen LogP contribution in [0.5, 0.6) is 0 Å². The molecule has 0 unspecified atom stereocenters. The molecule has 0 aliphatic rings. The van der Waals surface area contributed by atoms with E-state index in [1.54, 1.807) is 0 Å². The molecular weight excluding hydrogens is 741 g/mol. The third-order valence-electron chi connectivity index (χ3n) is 12.0. The number of fused-ring (bicyclic) bond motifs is 8. The zero-order chi connectivity index (χ0) is 40.3. The van der Waals surface area contributed by atoms with E-state index >= 15 is 0 Å². The summed E-state index contributed by atoms with van der Waals surface area (Å²) in [5, 5.41) is 8.37. The summed E-state index contributed by atoms with van der Waals surface area (Å²) >= 11 is 0. The zero-order valence-electron chi connectivity index (χ0n) is 33.1. The average molecular weight is 777 g/mol. The van der Waals surface area contributed by atoms with E-state index in [4.69, 9.17) is 15.0 Å². The molecule has 0 spiro atoms. The van der Waals surface area contributed by atoms with Crippen molar-refractivity contribution < 1.29 is 0 Å². The number of aromatic nitrogens is 4. The second kappa shape index (κ2) is 14.3. The Balaban J connectivity index is 1.04. The van der Waals surface area contributed by atoms with Gasteiger partial charge in [0.05, 0.1) is 33.6 Å². The minimum atomic E-state index is 0.699. The summed E-state index contributed by atoms with van der Waals surface area (Å²) in [6.07, 6.45) is 0. The van der Waals surface area contributed by atoms with Crippen LogP contribution in [0.1, 0.15) is 0 Å². The predicted octanol–water partition coefficient (Wildman–Crippen LogP) is 14.8. The number of hydrogen-bond donors (Lipinski definition) is 0. The van der Waals surface area contributed by atoms with Gasteiger partial charge in [0.1, 0.15) is 0 Å². The number of para-hydroxylation sites is 3. The van der Waals surface area contributed by atoms with Crippen molar-refractivity contribution in [3.63, 3.8) is 0 Å². The van der Waals surface area contributed by atoms with Gasteiger partial charge in [-0.15, -0.1) is 0 Å². The fourth-order valence-electron chi connectivity index (χ4n) is 9.13. The minimum absolute atomic E-state index is 0.699. The standard InChI is InChI=1S/C57H36N4/c1-3-16-38(17-4-1)50-36-51(59-57(58-50)41-18-5-2-6-19-41)39-29-31-40(32-30-39)55-49-34-33-37-15-7-8-22-44(37)54(49)48-26-14-25-45(56(48)60-55)42-20-13-21-43(35-42)61-52-27-11-9-23-46(52)47-24-10-12-28-53(47)61/h1-36H. The van der Waals surface area contributed by atoms with Crippen LogP contribution in [-0.4, -0.2) is 19.5 Å². The van der Waals surface area contributed by atoms with Crippen LogP contribution in [0.25, 0.3) is 116 Å². The van der Waals surface area contributed by atoms with E-state index in [2.05, 4.69) is 187 Å². The van der Waals surface area contributed by atoms with Gasteiger partial charge in [0.2, 0.25) is 0 Å². The normalized spacial score (nSPS) is 11.6. The Hall–Kier alpha value is -8.21. The fourth-order valence-corrected chi connectivity index (χ4v) is 9.13. The van der Waals surface area contributed by atoms with Crippen molar-refractivity contribution in [3.8, 4) is 62.0 Å². The van der Waals surface area contributed by atoms with Crippen LogP contribution < -0.4 is 0 Å². The van der Waals surface area contributed by atoms with Gasteiger partial charge >= 0.3 is 0 Å². The monoisotopic (exact) mass is 776 g/mol. The maximum absolute atomic E-state index is 5.63. The Labute approximate surface area is 352 Å². The first kappa shape index (κ1) is 34.8. The number of benzene rings is 9. The van der Waals surface area contributed by atoms with Crippen LogP contribution in [0.15, 0.2) is 218 Å². The molecule has 0 amide bonds. The summed E-state index contributed by atoms with van der Waals surface area (Å²) in [5.74, 6) is 0.699. The van der Waals surface area contributed by atoms with Gasteiger partial charge in [-0.25, -0.2) is 15.0 Å². The molecule has 12 rings (SSSR count). The van der Waals surface area contributed by atoms with Gasteiger partial charge in [-0.3, -0.25) is 0 Å². The van der Waals surface area contributed by atoms with Crippen LogP contribution in [0.2, 0.25) is 0 Å². The molecule has 0 fully saturated rings. The van der Waals surface area contributed by atoms with E-state index in [1.807, 2.05) is 36.4 Å². The highest BCUT2D eigenvalue weighted by atomic mass is 15.0. The van der Waals surface area contributed by atoms with E-state index in [-0.39, 0.29) is 0 Å². The summed E-state index contributed by atoms with van der Waals surface area (Å²) in [6, 6.07) is 77.3. The lowest BCUT2D eigenvalue weighted by Gasteiger charge is -2.16. The van der Waals surface area contributed by atoms with Crippen LogP contribution in [-0.2, 0) is 0 Å². The average Bonchev–Trinajstić information content (AvgIpc) is 3.68. The Morgan fingerprint density at radius 1 is 0.328 bits per heavy atom. The SMILES string of the molecule is c1ccc(-c2cc(-c3ccc(-c4nc5c(-c6cccc(-n7c8ccccc8c8ccccc87)c6)cccc5c5c4ccc4ccccc45)cc3)nc(-c3ccccc3)n2)cc1. The molecule has 61 heavy (non-hydrogen) atoms. The first-order chi connectivity index (χ1) is 30.2. The molecule has 0 N–H and O–H groups in total. The van der Waals surface area contributed by atoms with Crippen LogP contribution >= 0.6 is 0 Å². The van der Waals surface area contributed by atoms with Crippen LogP contribution in [0.4, 0.5) is 0 Å². The van der Waals surface area contributed by atoms with Crippen molar-refractivity contribution >= 4 is 54.3 Å². The Kier molecular flexibility index (Phi) is 8.13. The fraction of sp³-hybridized carbons (Fsp3) is 0. The van der Waals surface area contributed by atoms with Gasteiger partial charge in [0.15, 0.2) is 5.82 Å². The van der Waals surface area contributed by atoms with Crippen molar-refractivity contribution in [1.82, 2.24) is 19.5 Å². The quantitative estimate of drug-likeness (QED) is 0.158. The summed E-state index contributed by atoms with van der Waals surface area (Å²) in [5.41, 5.74) is 13.5. The highest BCUT2D eigenvalue weighted by Crippen LogP contribution is 2.41. The molecule has 284 valence electrons. The van der Waals surface area contributed by atoms with Crippen LogP contribution in [0, 0.1) is 0 Å². The molecular formula is C57H36N4. The van der Waals surface area contributed by atoms with Gasteiger partial charge in [0, 0.05) is 60.4 Å². The van der Waals surface area contributed by atoms with E-state index in [0.717, 1.165) is 72.4 Å². The predicted molar refractivity (Wildman–Crippen MR) is 254 cm³/mol. The maximum Gasteiger partial charge on any atom is 0.160 e. The Bertz CT molecular complexity index is 3520. The molecule has 3 aromatic heterocycles. The van der Waals surface area contributed by atoms with Crippen molar-refractivity contribution in [2.75, 3.05) is 0 Å². The molecule has 3 heterocycles. The van der Waals surface area contributed by atoms with E-state index in [0.29, 0.717) is 5.82 Å². The second-order valence-corrected chi connectivity index (χ2v) is 15.6. The Morgan fingerprint density at radius 3 is 1.61 bits per heavy atom. The van der Waals surface area contributed by atoms with Crippen molar-refractivity contribution in [1.29, 1.82) is 0 Å². The third kappa shape index (κ3) is 5.88. The van der Waals surface area contributed by atoms with E-state index < -0.39 is 0 Å². The molecule has 0 aliphatic carbocycles. The summed E-state index contributed by atoms with van der Waals surface area (Å²) in [6.45, 7) is 0. The summed E-state index contributed by atoms with van der Waals surface area (Å²) in [7, 11) is 0. The minimum Gasteiger partial charge on any atom is -0.309 e. The smallest absolute Gasteiger partial charge is 0.160 e. The molecule has 0 saturated carbocycles. The highest BCUT2D eigenvalue weighted by molar-refractivity contribution is 6.24. The lowest BCUT2D eigenvalue weighted by molar-refractivity contribution is 1.18. The van der Waals surface area contributed by atoms with Crippen molar-refractivity contribution in [3.05, 3.63) is 218 Å². The molecule has 9 aromatic carbocycles. The molecule has 12 aromatic rings.